The Bertz CT molecular complexity index is 681. The number of hydrogen-bond acceptors (Lipinski definition) is 5. The number of phenols is 2. The van der Waals surface area contributed by atoms with Crippen molar-refractivity contribution in [1.29, 1.82) is 0 Å². The largest absolute Gasteiger partial charge is 0.508 e. The molecule has 1 amide bonds. The first kappa shape index (κ1) is 15.4. The molecule has 2 aromatic rings. The van der Waals surface area contributed by atoms with E-state index in [0.29, 0.717) is 23.5 Å². The van der Waals surface area contributed by atoms with Crippen LogP contribution in [0, 0.1) is 0 Å². The number of nitrogens with one attached hydrogen (secondary N) is 1. The number of carbonyl (C=O) groups is 1. The van der Waals surface area contributed by atoms with Crippen molar-refractivity contribution in [3.63, 3.8) is 0 Å². The van der Waals surface area contributed by atoms with Gasteiger partial charge in [0.15, 0.2) is 11.5 Å². The number of phenolic OH excluding ortho intramolecular Hbond substituents is 2. The molecule has 0 spiro atoms. The van der Waals surface area contributed by atoms with Gasteiger partial charge in [-0.15, -0.1) is 0 Å². The fourth-order valence-electron chi connectivity index (χ4n) is 1.74. The van der Waals surface area contributed by atoms with Crippen LogP contribution in [-0.2, 0) is 0 Å². The summed E-state index contributed by atoms with van der Waals surface area (Å²) in [4.78, 5) is 11.8. The summed E-state index contributed by atoms with van der Waals surface area (Å²) in [6.45, 7) is 2.29. The van der Waals surface area contributed by atoms with E-state index >= 15 is 0 Å². The van der Waals surface area contributed by atoms with E-state index in [2.05, 4.69) is 10.5 Å². The van der Waals surface area contributed by atoms with Crippen LogP contribution in [0.4, 0.5) is 0 Å². The zero-order valence-corrected chi connectivity index (χ0v) is 12.0. The molecule has 0 aliphatic heterocycles. The van der Waals surface area contributed by atoms with Crippen LogP contribution in [0.5, 0.6) is 17.2 Å². The third kappa shape index (κ3) is 3.99. The second-order valence-corrected chi connectivity index (χ2v) is 4.41. The van der Waals surface area contributed by atoms with Crippen molar-refractivity contribution < 1.29 is 19.7 Å². The third-order valence-electron chi connectivity index (χ3n) is 2.79. The number of amides is 1. The standard InChI is InChI=1S/C16H16N2O4/c1-2-22-15-8-3-11(9-14(15)20)10-17-18-16(21)12-4-6-13(19)7-5-12/h3-10,19-20H,2H2,1H3,(H,18,21). The molecule has 0 atom stereocenters. The molecular weight excluding hydrogens is 284 g/mol. The number of rotatable bonds is 5. The lowest BCUT2D eigenvalue weighted by atomic mass is 10.2. The van der Waals surface area contributed by atoms with E-state index in [-0.39, 0.29) is 11.5 Å². The van der Waals surface area contributed by atoms with E-state index in [0.717, 1.165) is 0 Å². The molecule has 0 saturated heterocycles. The molecule has 2 aromatic carbocycles. The summed E-state index contributed by atoms with van der Waals surface area (Å²) in [6, 6.07) is 10.6. The van der Waals surface area contributed by atoms with Crippen molar-refractivity contribution in [2.75, 3.05) is 6.61 Å². The summed E-state index contributed by atoms with van der Waals surface area (Å²) >= 11 is 0. The van der Waals surface area contributed by atoms with E-state index in [9.17, 15) is 9.90 Å². The average molecular weight is 300 g/mol. The minimum absolute atomic E-state index is 0.00987. The number of aromatic hydroxyl groups is 2. The summed E-state index contributed by atoms with van der Waals surface area (Å²) in [5.41, 5.74) is 3.36. The van der Waals surface area contributed by atoms with E-state index in [1.165, 1.54) is 36.5 Å². The van der Waals surface area contributed by atoms with Crippen LogP contribution < -0.4 is 10.2 Å². The molecule has 114 valence electrons. The lowest BCUT2D eigenvalue weighted by Crippen LogP contribution is -2.17. The molecule has 0 aromatic heterocycles. The fraction of sp³-hybridized carbons (Fsp3) is 0.125. The van der Waals surface area contributed by atoms with Crippen LogP contribution in [0.3, 0.4) is 0 Å². The predicted molar refractivity (Wildman–Crippen MR) is 82.4 cm³/mol. The summed E-state index contributed by atoms with van der Waals surface area (Å²) in [5.74, 6) is 0.0970. The van der Waals surface area contributed by atoms with Crippen LogP contribution in [-0.4, -0.2) is 28.9 Å². The Labute approximate surface area is 127 Å². The monoisotopic (exact) mass is 300 g/mol. The maximum Gasteiger partial charge on any atom is 0.271 e. The quantitative estimate of drug-likeness (QED) is 0.583. The molecule has 6 heteroatoms. The Morgan fingerprint density at radius 2 is 1.95 bits per heavy atom. The predicted octanol–water partition coefficient (Wildman–Crippen LogP) is 2.26. The minimum Gasteiger partial charge on any atom is -0.508 e. The van der Waals surface area contributed by atoms with Gasteiger partial charge in [-0.1, -0.05) is 0 Å². The highest BCUT2D eigenvalue weighted by molar-refractivity contribution is 5.95. The lowest BCUT2D eigenvalue weighted by molar-refractivity contribution is 0.0955. The van der Waals surface area contributed by atoms with Crippen LogP contribution in [0.1, 0.15) is 22.8 Å². The Balaban J connectivity index is 1.98. The highest BCUT2D eigenvalue weighted by atomic mass is 16.5. The number of hydrogen-bond donors (Lipinski definition) is 3. The zero-order chi connectivity index (χ0) is 15.9. The molecule has 0 fully saturated rings. The van der Waals surface area contributed by atoms with Crippen molar-refractivity contribution >= 4 is 12.1 Å². The van der Waals surface area contributed by atoms with Crippen LogP contribution in [0.2, 0.25) is 0 Å². The topological polar surface area (TPSA) is 91.2 Å². The van der Waals surface area contributed by atoms with Gasteiger partial charge in [0.2, 0.25) is 0 Å². The summed E-state index contributed by atoms with van der Waals surface area (Å²) in [7, 11) is 0. The van der Waals surface area contributed by atoms with E-state index < -0.39 is 5.91 Å². The van der Waals surface area contributed by atoms with Gasteiger partial charge >= 0.3 is 0 Å². The molecule has 0 aliphatic carbocycles. The average Bonchev–Trinajstić information content (AvgIpc) is 2.50. The number of ether oxygens (including phenoxy) is 1. The van der Waals surface area contributed by atoms with Gasteiger partial charge in [-0.3, -0.25) is 4.79 Å². The number of hydrazone groups is 1. The van der Waals surface area contributed by atoms with Gasteiger partial charge in [0, 0.05) is 5.56 Å². The molecule has 6 nitrogen and oxygen atoms in total. The first-order chi connectivity index (χ1) is 10.6. The number of carbonyl (C=O) groups excluding carboxylic acids is 1. The van der Waals surface area contributed by atoms with Crippen LogP contribution >= 0.6 is 0 Å². The molecule has 0 radical (unpaired) electrons. The van der Waals surface area contributed by atoms with Gasteiger partial charge in [-0.2, -0.15) is 5.10 Å². The normalized spacial score (nSPS) is 10.6. The van der Waals surface area contributed by atoms with Crippen molar-refractivity contribution in [3.05, 3.63) is 53.6 Å². The maximum absolute atomic E-state index is 11.8. The molecule has 0 saturated carbocycles. The fourth-order valence-corrected chi connectivity index (χ4v) is 1.74. The van der Waals surface area contributed by atoms with E-state index in [1.54, 1.807) is 12.1 Å². The van der Waals surface area contributed by atoms with Crippen molar-refractivity contribution in [2.45, 2.75) is 6.92 Å². The minimum atomic E-state index is -0.397. The second kappa shape index (κ2) is 7.12. The Morgan fingerprint density at radius 1 is 1.23 bits per heavy atom. The Hall–Kier alpha value is -3.02. The molecule has 0 aliphatic rings. The molecule has 3 N–H and O–H groups in total. The SMILES string of the molecule is CCOc1ccc(C=NNC(=O)c2ccc(O)cc2)cc1O. The zero-order valence-electron chi connectivity index (χ0n) is 12.0. The molecule has 2 rings (SSSR count). The van der Waals surface area contributed by atoms with Crippen LogP contribution in [0.25, 0.3) is 0 Å². The summed E-state index contributed by atoms with van der Waals surface area (Å²) < 4.78 is 5.22. The first-order valence-corrected chi connectivity index (χ1v) is 6.68. The smallest absolute Gasteiger partial charge is 0.271 e. The summed E-state index contributed by atoms with van der Waals surface area (Å²) in [5, 5.41) is 22.7. The third-order valence-corrected chi connectivity index (χ3v) is 2.79. The molecular formula is C16H16N2O4. The lowest BCUT2D eigenvalue weighted by Gasteiger charge is -2.05. The molecule has 0 unspecified atom stereocenters. The van der Waals surface area contributed by atoms with E-state index in [4.69, 9.17) is 9.84 Å². The number of nitrogens with zero attached hydrogens (tertiary/aromatic N) is 1. The highest BCUT2D eigenvalue weighted by Gasteiger charge is 2.04. The molecule has 0 heterocycles. The van der Waals surface area contributed by atoms with Gasteiger partial charge in [0.25, 0.3) is 5.91 Å². The van der Waals surface area contributed by atoms with Crippen LogP contribution in [0.15, 0.2) is 47.6 Å². The second-order valence-electron chi connectivity index (χ2n) is 4.41. The Kier molecular flexibility index (Phi) is 4.98. The van der Waals surface area contributed by atoms with Gasteiger partial charge in [-0.25, -0.2) is 5.43 Å². The maximum atomic E-state index is 11.8. The first-order valence-electron chi connectivity index (χ1n) is 6.68. The van der Waals surface area contributed by atoms with Gasteiger partial charge in [0.1, 0.15) is 5.75 Å². The van der Waals surface area contributed by atoms with Crippen molar-refractivity contribution in [3.8, 4) is 17.2 Å². The van der Waals surface area contributed by atoms with Gasteiger partial charge < -0.3 is 14.9 Å². The molecule has 22 heavy (non-hydrogen) atoms. The van der Waals surface area contributed by atoms with Gasteiger partial charge in [-0.05, 0) is 55.0 Å². The van der Waals surface area contributed by atoms with Crippen molar-refractivity contribution in [1.82, 2.24) is 5.43 Å². The summed E-state index contributed by atoms with van der Waals surface area (Å²) in [6.07, 6.45) is 1.41. The van der Waals surface area contributed by atoms with E-state index in [1.807, 2.05) is 6.92 Å². The molecule has 0 bridgehead atoms. The highest BCUT2D eigenvalue weighted by Crippen LogP contribution is 2.26. The Morgan fingerprint density at radius 3 is 2.59 bits per heavy atom. The number of benzene rings is 2. The van der Waals surface area contributed by atoms with Crippen molar-refractivity contribution in [2.24, 2.45) is 5.10 Å². The van der Waals surface area contributed by atoms with Gasteiger partial charge in [0.05, 0.1) is 12.8 Å².